The molecule has 34 heavy (non-hydrogen) atoms. The lowest BCUT2D eigenvalue weighted by Crippen LogP contribution is -2.17. The molecule has 4 rings (SSSR count). The van der Waals surface area contributed by atoms with E-state index < -0.39 is 5.97 Å². The molecule has 0 spiro atoms. The molecule has 1 fully saturated rings. The van der Waals surface area contributed by atoms with Crippen molar-refractivity contribution < 1.29 is 14.3 Å². The van der Waals surface area contributed by atoms with Gasteiger partial charge in [0.05, 0.1) is 12.9 Å². The molecule has 7 nitrogen and oxygen atoms in total. The van der Waals surface area contributed by atoms with Crippen LogP contribution in [0.4, 0.5) is 5.00 Å². The number of hydrogen-bond donors (Lipinski definition) is 1. The number of benzene rings is 1. The molecule has 9 heteroatoms. The van der Waals surface area contributed by atoms with E-state index in [1.807, 2.05) is 37.3 Å². The third-order valence-electron chi connectivity index (χ3n) is 6.15. The van der Waals surface area contributed by atoms with E-state index in [0.717, 1.165) is 46.4 Å². The van der Waals surface area contributed by atoms with Crippen molar-refractivity contribution in [2.45, 2.75) is 63.6 Å². The monoisotopic (exact) mass is 498 g/mol. The lowest BCUT2D eigenvalue weighted by atomic mass is 9.89. The van der Waals surface area contributed by atoms with Gasteiger partial charge < -0.3 is 14.6 Å². The van der Waals surface area contributed by atoms with Crippen molar-refractivity contribution in [3.63, 3.8) is 0 Å². The molecule has 2 aromatic heterocycles. The second-order valence-corrected chi connectivity index (χ2v) is 10.5. The summed E-state index contributed by atoms with van der Waals surface area (Å²) in [5.74, 6) is 1.02. The van der Waals surface area contributed by atoms with E-state index in [-0.39, 0.29) is 11.7 Å². The summed E-state index contributed by atoms with van der Waals surface area (Å²) in [7, 11) is 1.35. The van der Waals surface area contributed by atoms with Gasteiger partial charge in [-0.2, -0.15) is 0 Å². The summed E-state index contributed by atoms with van der Waals surface area (Å²) in [6.07, 6.45) is 6.07. The van der Waals surface area contributed by atoms with Gasteiger partial charge in [-0.1, -0.05) is 61.4 Å². The number of carbonyl (C=O) groups excluding carboxylic acids is 2. The Hall–Kier alpha value is -2.65. The van der Waals surface area contributed by atoms with E-state index in [9.17, 15) is 9.59 Å². The Kier molecular flexibility index (Phi) is 8.05. The number of amides is 1. The summed E-state index contributed by atoms with van der Waals surface area (Å²) in [5, 5.41) is 13.1. The molecule has 1 aliphatic carbocycles. The Morgan fingerprint density at radius 1 is 1.18 bits per heavy atom. The summed E-state index contributed by atoms with van der Waals surface area (Å²) >= 11 is 2.76. The van der Waals surface area contributed by atoms with Crippen LogP contribution in [0.5, 0.6) is 0 Å². The number of rotatable bonds is 8. The van der Waals surface area contributed by atoms with E-state index in [4.69, 9.17) is 4.74 Å². The number of thiophene rings is 1. The Morgan fingerprint density at radius 3 is 2.59 bits per heavy atom. The van der Waals surface area contributed by atoms with Gasteiger partial charge in [0, 0.05) is 22.9 Å². The summed E-state index contributed by atoms with van der Waals surface area (Å²) in [4.78, 5) is 26.5. The number of anilines is 1. The van der Waals surface area contributed by atoms with Gasteiger partial charge in [-0.3, -0.25) is 4.79 Å². The van der Waals surface area contributed by atoms with E-state index in [2.05, 4.69) is 27.0 Å². The van der Waals surface area contributed by atoms with Crippen LogP contribution in [0.2, 0.25) is 0 Å². The van der Waals surface area contributed by atoms with Crippen molar-refractivity contribution in [1.29, 1.82) is 0 Å². The second-order valence-electron chi connectivity index (χ2n) is 8.35. The van der Waals surface area contributed by atoms with E-state index in [1.165, 1.54) is 49.5 Å². The van der Waals surface area contributed by atoms with Crippen LogP contribution in [0.15, 0.2) is 35.5 Å². The molecule has 1 aliphatic rings. The van der Waals surface area contributed by atoms with Gasteiger partial charge in [-0.25, -0.2) is 4.79 Å². The molecule has 3 aromatic rings. The van der Waals surface area contributed by atoms with Crippen molar-refractivity contribution in [3.05, 3.63) is 46.6 Å². The van der Waals surface area contributed by atoms with Crippen LogP contribution in [0.3, 0.4) is 0 Å². The van der Waals surface area contributed by atoms with Gasteiger partial charge in [0.1, 0.15) is 16.4 Å². The highest BCUT2D eigenvalue weighted by Gasteiger charge is 2.26. The Balaban J connectivity index is 1.50. The maximum atomic E-state index is 12.9. The van der Waals surface area contributed by atoms with Gasteiger partial charge in [0.15, 0.2) is 5.16 Å². The molecule has 1 amide bonds. The van der Waals surface area contributed by atoms with Crippen LogP contribution >= 0.6 is 23.1 Å². The molecule has 0 radical (unpaired) electrons. The zero-order chi connectivity index (χ0) is 24.1. The molecule has 1 N–H and O–H groups in total. The number of aromatic nitrogens is 3. The smallest absolute Gasteiger partial charge is 0.341 e. The summed E-state index contributed by atoms with van der Waals surface area (Å²) in [6.45, 7) is 4.81. The van der Waals surface area contributed by atoms with Gasteiger partial charge in [0.2, 0.25) is 5.91 Å². The average molecular weight is 499 g/mol. The minimum atomic E-state index is -0.464. The first-order chi connectivity index (χ1) is 16.5. The number of carbonyl (C=O) groups is 2. The zero-order valence-electron chi connectivity index (χ0n) is 19.8. The molecule has 1 saturated carbocycles. The van der Waals surface area contributed by atoms with Crippen LogP contribution in [-0.4, -0.2) is 39.5 Å². The first kappa shape index (κ1) is 24.5. The fourth-order valence-corrected chi connectivity index (χ4v) is 6.43. The molecule has 2 heterocycles. The third-order valence-corrected chi connectivity index (χ3v) is 8.14. The van der Waals surface area contributed by atoms with Gasteiger partial charge in [0.25, 0.3) is 0 Å². The van der Waals surface area contributed by atoms with Crippen molar-refractivity contribution in [1.82, 2.24) is 14.8 Å². The third kappa shape index (κ3) is 5.20. The van der Waals surface area contributed by atoms with Crippen molar-refractivity contribution >= 4 is 40.0 Å². The molecule has 0 atom stereocenters. The van der Waals surface area contributed by atoms with Crippen molar-refractivity contribution in [3.8, 4) is 11.1 Å². The summed E-state index contributed by atoms with van der Waals surface area (Å²) in [5.41, 5.74) is 2.10. The predicted molar refractivity (Wildman–Crippen MR) is 137 cm³/mol. The van der Waals surface area contributed by atoms with Crippen LogP contribution in [-0.2, 0) is 16.1 Å². The quantitative estimate of drug-likeness (QED) is 0.307. The number of nitrogens with zero attached hydrogens (tertiary/aromatic N) is 3. The number of thioether (sulfide) groups is 1. The minimum absolute atomic E-state index is 0.182. The van der Waals surface area contributed by atoms with Gasteiger partial charge in [-0.05, 0) is 32.3 Å². The van der Waals surface area contributed by atoms with Crippen LogP contribution in [0.25, 0.3) is 11.1 Å². The number of ether oxygens (including phenoxy) is 1. The lowest BCUT2D eigenvalue weighted by molar-refractivity contribution is -0.113. The molecule has 0 bridgehead atoms. The molecular weight excluding hydrogens is 468 g/mol. The highest BCUT2D eigenvalue weighted by atomic mass is 32.2. The molecule has 0 aliphatic heterocycles. The second kappa shape index (κ2) is 11.2. The largest absolute Gasteiger partial charge is 0.465 e. The fourth-order valence-electron chi connectivity index (χ4n) is 4.54. The average Bonchev–Trinajstić information content (AvgIpc) is 3.43. The first-order valence-electron chi connectivity index (χ1n) is 11.7. The van der Waals surface area contributed by atoms with E-state index in [0.29, 0.717) is 16.5 Å². The summed E-state index contributed by atoms with van der Waals surface area (Å²) < 4.78 is 7.18. The Labute approximate surface area is 208 Å². The van der Waals surface area contributed by atoms with Crippen molar-refractivity contribution in [2.24, 2.45) is 0 Å². The molecule has 180 valence electrons. The van der Waals surface area contributed by atoms with Crippen LogP contribution in [0, 0.1) is 6.92 Å². The van der Waals surface area contributed by atoms with Gasteiger partial charge in [-0.15, -0.1) is 21.5 Å². The predicted octanol–water partition coefficient (Wildman–Crippen LogP) is 5.90. The molecule has 0 unspecified atom stereocenters. The van der Waals surface area contributed by atoms with E-state index in [1.54, 1.807) is 0 Å². The molecule has 1 aromatic carbocycles. The van der Waals surface area contributed by atoms with Gasteiger partial charge >= 0.3 is 5.97 Å². The standard InChI is InChI=1S/C25H30N4O3S2/c1-4-29-22(18-13-9-6-10-14-18)27-28-25(29)33-15-19(30)26-23-21(24(31)32-3)20(16(2)34-23)17-11-7-5-8-12-17/h5,7-8,11-12,18H,4,6,9-10,13-15H2,1-3H3,(H,26,30). The summed E-state index contributed by atoms with van der Waals surface area (Å²) in [6, 6.07) is 9.67. The Morgan fingerprint density at radius 2 is 1.91 bits per heavy atom. The number of methoxy groups -OCH3 is 1. The van der Waals surface area contributed by atoms with Crippen molar-refractivity contribution in [2.75, 3.05) is 18.2 Å². The minimum Gasteiger partial charge on any atom is -0.465 e. The normalized spacial score (nSPS) is 14.2. The molecule has 0 saturated heterocycles. The SMILES string of the molecule is CCn1c(SCC(=O)Nc2sc(C)c(-c3ccccc3)c2C(=O)OC)nnc1C1CCCCC1. The maximum absolute atomic E-state index is 12.9. The number of esters is 1. The number of nitrogens with one attached hydrogen (secondary N) is 1. The maximum Gasteiger partial charge on any atom is 0.341 e. The topological polar surface area (TPSA) is 86.1 Å². The molecular formula is C25H30N4O3S2. The number of hydrogen-bond acceptors (Lipinski definition) is 7. The highest BCUT2D eigenvalue weighted by Crippen LogP contribution is 2.40. The fraction of sp³-hybridized carbons (Fsp3) is 0.440. The van der Waals surface area contributed by atoms with Crippen LogP contribution < -0.4 is 5.32 Å². The lowest BCUT2D eigenvalue weighted by Gasteiger charge is -2.21. The highest BCUT2D eigenvalue weighted by molar-refractivity contribution is 7.99. The number of aryl methyl sites for hydroxylation is 1. The first-order valence-corrected chi connectivity index (χ1v) is 13.5. The Bertz CT molecular complexity index is 1150. The zero-order valence-corrected chi connectivity index (χ0v) is 21.4. The van der Waals surface area contributed by atoms with Crippen LogP contribution in [0.1, 0.15) is 66.0 Å². The van der Waals surface area contributed by atoms with E-state index >= 15 is 0 Å².